The Bertz CT molecular complexity index is 932. The smallest absolute Gasteiger partial charge is 0.270 e. The molecule has 4 rings (SSSR count). The van der Waals surface area contributed by atoms with Gasteiger partial charge >= 0.3 is 0 Å². The first-order valence-electron chi connectivity index (χ1n) is 9.93. The van der Waals surface area contributed by atoms with Crippen molar-refractivity contribution in [2.45, 2.75) is 26.3 Å². The molecule has 0 atom stereocenters. The molecule has 3 heterocycles. The number of hydrogen-bond donors (Lipinski definition) is 2. The number of nitrogens with one attached hydrogen (secondary N) is 2. The number of benzene rings is 1. The standard InChI is InChI=1S/C22H25N5O2/c1-16-9-12-27(13-10-16)18-6-4-17(5-7-18)25-22-23-11-8-20(26-22)21(28)24-15-19-3-2-14-29-19/h2-8,11,14,16H,9-10,12-13,15H2,1H3,(H,24,28)(H,23,25,26). The van der Waals surface area contributed by atoms with Crippen molar-refractivity contribution in [2.75, 3.05) is 23.3 Å². The molecule has 2 N–H and O–H groups in total. The summed E-state index contributed by atoms with van der Waals surface area (Å²) >= 11 is 0. The van der Waals surface area contributed by atoms with Gasteiger partial charge in [0.15, 0.2) is 0 Å². The van der Waals surface area contributed by atoms with E-state index in [1.165, 1.54) is 18.5 Å². The lowest BCUT2D eigenvalue weighted by molar-refractivity contribution is 0.0943. The highest BCUT2D eigenvalue weighted by molar-refractivity contribution is 5.92. The maximum atomic E-state index is 12.3. The maximum Gasteiger partial charge on any atom is 0.270 e. The van der Waals surface area contributed by atoms with Crippen molar-refractivity contribution in [1.29, 1.82) is 0 Å². The molecule has 1 fully saturated rings. The Kier molecular flexibility index (Phi) is 5.74. The second-order valence-electron chi connectivity index (χ2n) is 7.37. The predicted molar refractivity (Wildman–Crippen MR) is 112 cm³/mol. The third-order valence-corrected chi connectivity index (χ3v) is 5.16. The van der Waals surface area contributed by atoms with Gasteiger partial charge in [0.1, 0.15) is 11.5 Å². The molecule has 7 heteroatoms. The van der Waals surface area contributed by atoms with E-state index in [-0.39, 0.29) is 5.91 Å². The lowest BCUT2D eigenvalue weighted by Gasteiger charge is -2.32. The first kappa shape index (κ1) is 19.0. The van der Waals surface area contributed by atoms with E-state index in [0.29, 0.717) is 23.9 Å². The van der Waals surface area contributed by atoms with E-state index in [4.69, 9.17) is 4.42 Å². The summed E-state index contributed by atoms with van der Waals surface area (Å²) in [4.78, 5) is 23.3. The minimum atomic E-state index is -0.276. The van der Waals surface area contributed by atoms with Gasteiger partial charge in [-0.2, -0.15) is 0 Å². The van der Waals surface area contributed by atoms with E-state index in [1.807, 2.05) is 12.1 Å². The van der Waals surface area contributed by atoms with Crippen molar-refractivity contribution < 1.29 is 9.21 Å². The number of amides is 1. The maximum absolute atomic E-state index is 12.3. The van der Waals surface area contributed by atoms with E-state index in [0.717, 1.165) is 24.7 Å². The molecule has 1 aliphatic heterocycles. The fraction of sp³-hybridized carbons (Fsp3) is 0.318. The molecular formula is C22H25N5O2. The summed E-state index contributed by atoms with van der Waals surface area (Å²) in [6, 6.07) is 13.4. The summed E-state index contributed by atoms with van der Waals surface area (Å²) in [7, 11) is 0. The molecule has 0 aliphatic carbocycles. The number of carbonyl (C=O) groups excluding carboxylic acids is 1. The van der Waals surface area contributed by atoms with E-state index in [1.54, 1.807) is 30.7 Å². The van der Waals surface area contributed by atoms with E-state index in [2.05, 4.69) is 44.6 Å². The molecule has 0 bridgehead atoms. The van der Waals surface area contributed by atoms with Crippen molar-refractivity contribution in [1.82, 2.24) is 15.3 Å². The van der Waals surface area contributed by atoms with Crippen LogP contribution in [-0.2, 0) is 6.54 Å². The van der Waals surface area contributed by atoms with Crippen LogP contribution in [0.15, 0.2) is 59.3 Å². The van der Waals surface area contributed by atoms with Gasteiger partial charge in [0.2, 0.25) is 5.95 Å². The fourth-order valence-corrected chi connectivity index (χ4v) is 3.37. The first-order valence-corrected chi connectivity index (χ1v) is 9.93. The fourth-order valence-electron chi connectivity index (χ4n) is 3.37. The largest absolute Gasteiger partial charge is 0.467 e. The molecule has 7 nitrogen and oxygen atoms in total. The minimum Gasteiger partial charge on any atom is -0.467 e. The Morgan fingerprint density at radius 1 is 1.17 bits per heavy atom. The number of rotatable bonds is 6. The average Bonchev–Trinajstić information content (AvgIpc) is 3.27. The molecule has 0 radical (unpaired) electrons. The number of furan rings is 1. The van der Waals surface area contributed by atoms with Crippen LogP contribution in [0.1, 0.15) is 36.0 Å². The minimum absolute atomic E-state index is 0.276. The molecule has 1 aliphatic rings. The van der Waals surface area contributed by atoms with Crippen LogP contribution in [0.3, 0.4) is 0 Å². The SMILES string of the molecule is CC1CCN(c2ccc(Nc3nccc(C(=O)NCc4ccco4)n3)cc2)CC1. The number of carbonyl (C=O) groups is 1. The molecular weight excluding hydrogens is 366 g/mol. The molecule has 1 amide bonds. The van der Waals surface area contributed by atoms with Gasteiger partial charge in [-0.3, -0.25) is 4.79 Å². The van der Waals surface area contributed by atoms with Crippen LogP contribution in [0.2, 0.25) is 0 Å². The van der Waals surface area contributed by atoms with Crippen LogP contribution in [0.25, 0.3) is 0 Å². The molecule has 0 spiro atoms. The Hall–Kier alpha value is -3.35. The summed E-state index contributed by atoms with van der Waals surface area (Å²) in [6.07, 6.45) is 5.62. The summed E-state index contributed by atoms with van der Waals surface area (Å²) in [5.74, 6) is 1.61. The Morgan fingerprint density at radius 3 is 2.69 bits per heavy atom. The number of piperidine rings is 1. The third kappa shape index (κ3) is 4.93. The third-order valence-electron chi connectivity index (χ3n) is 5.16. The van der Waals surface area contributed by atoms with Gasteiger partial charge in [-0.15, -0.1) is 0 Å². The normalized spacial score (nSPS) is 14.6. The van der Waals surface area contributed by atoms with E-state index < -0.39 is 0 Å². The Balaban J connectivity index is 1.36. The summed E-state index contributed by atoms with van der Waals surface area (Å²) in [6.45, 7) is 4.84. The van der Waals surface area contributed by atoms with Crippen molar-refractivity contribution >= 4 is 23.2 Å². The molecule has 2 aromatic heterocycles. The summed E-state index contributed by atoms with van der Waals surface area (Å²) < 4.78 is 5.22. The van der Waals surface area contributed by atoms with Gasteiger partial charge in [-0.25, -0.2) is 9.97 Å². The number of anilines is 3. The zero-order valence-corrected chi connectivity index (χ0v) is 16.5. The monoisotopic (exact) mass is 391 g/mol. The van der Waals surface area contributed by atoms with E-state index >= 15 is 0 Å². The van der Waals surface area contributed by atoms with Crippen molar-refractivity contribution in [3.05, 3.63) is 66.4 Å². The Labute approximate surface area is 170 Å². The van der Waals surface area contributed by atoms with Crippen LogP contribution >= 0.6 is 0 Å². The molecule has 29 heavy (non-hydrogen) atoms. The van der Waals surface area contributed by atoms with Crippen LogP contribution in [0.4, 0.5) is 17.3 Å². The van der Waals surface area contributed by atoms with Gasteiger partial charge in [0, 0.05) is 30.7 Å². The number of aromatic nitrogens is 2. The zero-order chi connectivity index (χ0) is 20.1. The zero-order valence-electron chi connectivity index (χ0n) is 16.5. The highest BCUT2D eigenvalue weighted by Gasteiger charge is 2.16. The molecule has 1 saturated heterocycles. The Morgan fingerprint density at radius 2 is 1.97 bits per heavy atom. The molecule has 0 saturated carbocycles. The van der Waals surface area contributed by atoms with Crippen molar-refractivity contribution in [3.8, 4) is 0 Å². The first-order chi connectivity index (χ1) is 14.2. The quantitative estimate of drug-likeness (QED) is 0.661. The second-order valence-corrected chi connectivity index (χ2v) is 7.37. The van der Waals surface area contributed by atoms with Gasteiger partial charge < -0.3 is 20.0 Å². The van der Waals surface area contributed by atoms with Crippen LogP contribution in [0, 0.1) is 5.92 Å². The van der Waals surface area contributed by atoms with Crippen LogP contribution in [-0.4, -0.2) is 29.0 Å². The molecule has 150 valence electrons. The summed E-state index contributed by atoms with van der Waals surface area (Å²) in [5.41, 5.74) is 2.41. The lowest BCUT2D eigenvalue weighted by Crippen LogP contribution is -2.32. The topological polar surface area (TPSA) is 83.3 Å². The molecule has 1 aromatic carbocycles. The van der Waals surface area contributed by atoms with Gasteiger partial charge in [-0.05, 0) is 61.2 Å². The second kappa shape index (κ2) is 8.77. The van der Waals surface area contributed by atoms with Gasteiger partial charge in [-0.1, -0.05) is 6.92 Å². The van der Waals surface area contributed by atoms with Crippen LogP contribution < -0.4 is 15.5 Å². The molecule has 0 unspecified atom stereocenters. The highest BCUT2D eigenvalue weighted by atomic mass is 16.3. The van der Waals surface area contributed by atoms with Gasteiger partial charge in [0.25, 0.3) is 5.91 Å². The summed E-state index contributed by atoms with van der Waals surface area (Å²) in [5, 5.41) is 5.95. The molecule has 3 aromatic rings. The van der Waals surface area contributed by atoms with Crippen LogP contribution in [0.5, 0.6) is 0 Å². The number of nitrogens with zero attached hydrogens (tertiary/aromatic N) is 3. The lowest BCUT2D eigenvalue weighted by atomic mass is 9.99. The highest BCUT2D eigenvalue weighted by Crippen LogP contribution is 2.25. The number of hydrogen-bond acceptors (Lipinski definition) is 6. The van der Waals surface area contributed by atoms with E-state index in [9.17, 15) is 4.79 Å². The predicted octanol–water partition coefficient (Wildman–Crippen LogP) is 3.98. The van der Waals surface area contributed by atoms with Crippen molar-refractivity contribution in [3.63, 3.8) is 0 Å². The van der Waals surface area contributed by atoms with Gasteiger partial charge in [0.05, 0.1) is 12.8 Å². The average molecular weight is 391 g/mol. The van der Waals surface area contributed by atoms with Crippen molar-refractivity contribution in [2.24, 2.45) is 5.92 Å².